The second-order valence-electron chi connectivity index (χ2n) is 6.37. The maximum atomic E-state index is 13.0. The second kappa shape index (κ2) is 5.58. The lowest BCUT2D eigenvalue weighted by molar-refractivity contribution is 0.0630. The number of hydrogen-bond donors (Lipinski definition) is 2. The summed E-state index contributed by atoms with van der Waals surface area (Å²) < 4.78 is 10.4. The Hall–Kier alpha value is -2.89. The van der Waals surface area contributed by atoms with Gasteiger partial charge < -0.3 is 24.6 Å². The fraction of sp³-hybridized carbons (Fsp3) is 0.316. The van der Waals surface area contributed by atoms with Crippen LogP contribution in [0.25, 0.3) is 0 Å². The highest BCUT2D eigenvalue weighted by Gasteiger charge is 2.38. The molecule has 0 unspecified atom stereocenters. The molecule has 0 bridgehead atoms. The summed E-state index contributed by atoms with van der Waals surface area (Å²) in [7, 11) is 2.97. The van der Waals surface area contributed by atoms with Crippen LogP contribution >= 0.6 is 0 Å². The van der Waals surface area contributed by atoms with Crippen LogP contribution in [0.2, 0.25) is 0 Å². The summed E-state index contributed by atoms with van der Waals surface area (Å²) in [4.78, 5) is 14.8. The quantitative estimate of drug-likeness (QED) is 0.877. The number of benzene rings is 2. The normalized spacial score (nSPS) is 18.2. The Morgan fingerprint density at radius 1 is 1.00 bits per heavy atom. The van der Waals surface area contributed by atoms with Gasteiger partial charge in [-0.2, -0.15) is 0 Å². The predicted octanol–water partition coefficient (Wildman–Crippen LogP) is 2.41. The number of phenols is 2. The highest BCUT2D eigenvalue weighted by atomic mass is 16.5. The molecule has 0 fully saturated rings. The zero-order valence-electron chi connectivity index (χ0n) is 14.1. The van der Waals surface area contributed by atoms with Gasteiger partial charge in [0.05, 0.1) is 20.3 Å². The molecule has 2 aromatic carbocycles. The Morgan fingerprint density at radius 2 is 1.64 bits per heavy atom. The van der Waals surface area contributed by atoms with E-state index in [1.165, 1.54) is 14.2 Å². The molecule has 2 aromatic rings. The molecule has 1 atom stereocenters. The average molecular weight is 341 g/mol. The van der Waals surface area contributed by atoms with Gasteiger partial charge in [-0.1, -0.05) is 0 Å². The number of phenolic OH excluding ortho intramolecular Hbond substituents is 2. The third-order valence-electron chi connectivity index (χ3n) is 5.11. The third-order valence-corrected chi connectivity index (χ3v) is 5.11. The fourth-order valence-electron chi connectivity index (χ4n) is 3.85. The van der Waals surface area contributed by atoms with Gasteiger partial charge in [-0.3, -0.25) is 4.79 Å². The van der Waals surface area contributed by atoms with E-state index in [2.05, 4.69) is 0 Å². The average Bonchev–Trinajstić information content (AvgIpc) is 2.60. The van der Waals surface area contributed by atoms with Crippen LogP contribution in [0.5, 0.6) is 23.0 Å². The summed E-state index contributed by atoms with van der Waals surface area (Å²) in [6.45, 7) is 0.588. The number of hydrogen-bond acceptors (Lipinski definition) is 5. The number of nitrogens with zero attached hydrogens (tertiary/aromatic N) is 1. The van der Waals surface area contributed by atoms with E-state index in [0.717, 1.165) is 16.7 Å². The van der Waals surface area contributed by atoms with E-state index in [-0.39, 0.29) is 23.4 Å². The third kappa shape index (κ3) is 2.28. The number of fused-ring (bicyclic) bond motifs is 4. The molecule has 1 amide bonds. The van der Waals surface area contributed by atoms with Crippen molar-refractivity contribution >= 4 is 5.91 Å². The van der Waals surface area contributed by atoms with E-state index < -0.39 is 0 Å². The second-order valence-corrected chi connectivity index (χ2v) is 6.37. The first-order chi connectivity index (χ1) is 12.0. The van der Waals surface area contributed by atoms with E-state index in [1.807, 2.05) is 11.0 Å². The van der Waals surface area contributed by atoms with Gasteiger partial charge in [0.15, 0.2) is 23.0 Å². The number of carbonyl (C=O) groups is 1. The molecule has 2 aliphatic rings. The van der Waals surface area contributed by atoms with Crippen LogP contribution in [0.1, 0.15) is 33.1 Å². The topological polar surface area (TPSA) is 79.2 Å². The molecule has 0 saturated carbocycles. The lowest BCUT2D eigenvalue weighted by atomic mass is 9.83. The molecule has 0 radical (unpaired) electrons. The van der Waals surface area contributed by atoms with Crippen LogP contribution in [0, 0.1) is 0 Å². The first kappa shape index (κ1) is 15.6. The van der Waals surface area contributed by atoms with Gasteiger partial charge in [-0.15, -0.1) is 0 Å². The Morgan fingerprint density at radius 3 is 2.32 bits per heavy atom. The lowest BCUT2D eigenvalue weighted by Crippen LogP contribution is -2.44. The van der Waals surface area contributed by atoms with Gasteiger partial charge in [-0.25, -0.2) is 0 Å². The number of aromatic hydroxyl groups is 2. The monoisotopic (exact) mass is 341 g/mol. The van der Waals surface area contributed by atoms with Crippen LogP contribution in [-0.2, 0) is 12.8 Å². The summed E-state index contributed by atoms with van der Waals surface area (Å²) in [6, 6.07) is 6.61. The van der Waals surface area contributed by atoms with Crippen molar-refractivity contribution in [2.75, 3.05) is 20.8 Å². The summed E-state index contributed by atoms with van der Waals surface area (Å²) in [5.41, 5.74) is 3.37. The largest absolute Gasteiger partial charge is 0.504 e. The molecule has 4 rings (SSSR count). The first-order valence-electron chi connectivity index (χ1n) is 8.14. The number of rotatable bonds is 2. The number of ether oxygens (including phenoxy) is 2. The Labute approximate surface area is 145 Å². The van der Waals surface area contributed by atoms with Crippen molar-refractivity contribution in [3.63, 3.8) is 0 Å². The van der Waals surface area contributed by atoms with Crippen LogP contribution < -0.4 is 9.47 Å². The Bertz CT molecular complexity index is 877. The lowest BCUT2D eigenvalue weighted by Gasteiger charge is -2.41. The molecule has 0 aliphatic carbocycles. The highest BCUT2D eigenvalue weighted by molar-refractivity contribution is 5.98. The van der Waals surface area contributed by atoms with Crippen LogP contribution in [0.15, 0.2) is 24.3 Å². The minimum atomic E-state index is -0.133. The summed E-state index contributed by atoms with van der Waals surface area (Å²) >= 11 is 0. The maximum Gasteiger partial charge on any atom is 0.254 e. The molecule has 6 nitrogen and oxygen atoms in total. The molecular weight excluding hydrogens is 322 g/mol. The first-order valence-corrected chi connectivity index (χ1v) is 8.14. The molecule has 2 aliphatic heterocycles. The van der Waals surface area contributed by atoms with E-state index >= 15 is 0 Å². The predicted molar refractivity (Wildman–Crippen MR) is 90.5 cm³/mol. The molecule has 2 heterocycles. The number of amides is 1. The molecule has 0 spiro atoms. The molecule has 25 heavy (non-hydrogen) atoms. The fourth-order valence-corrected chi connectivity index (χ4v) is 3.85. The number of methoxy groups -OCH3 is 2. The van der Waals surface area contributed by atoms with Gasteiger partial charge in [0, 0.05) is 12.1 Å². The SMILES string of the molecule is COc1cc2c(cc1O)C[C@H]1c3cc(OC)c(O)cc3CCN1C2=O. The van der Waals surface area contributed by atoms with Crippen LogP contribution in [0.3, 0.4) is 0 Å². The molecule has 0 saturated heterocycles. The summed E-state index contributed by atoms with van der Waals surface area (Å²) in [6.07, 6.45) is 1.28. The van der Waals surface area contributed by atoms with Crippen LogP contribution in [-0.4, -0.2) is 41.8 Å². The molecular formula is C19H19NO5. The molecule has 6 heteroatoms. The van der Waals surface area contributed by atoms with Crippen molar-refractivity contribution < 1.29 is 24.5 Å². The van der Waals surface area contributed by atoms with E-state index in [1.54, 1.807) is 18.2 Å². The zero-order valence-corrected chi connectivity index (χ0v) is 14.1. The molecule has 130 valence electrons. The van der Waals surface area contributed by atoms with Crippen LogP contribution in [0.4, 0.5) is 0 Å². The minimum Gasteiger partial charge on any atom is -0.504 e. The van der Waals surface area contributed by atoms with Gasteiger partial charge in [-0.05, 0) is 53.8 Å². The van der Waals surface area contributed by atoms with E-state index in [9.17, 15) is 15.0 Å². The zero-order chi connectivity index (χ0) is 17.7. The van der Waals surface area contributed by atoms with Gasteiger partial charge in [0.25, 0.3) is 5.91 Å². The van der Waals surface area contributed by atoms with Crippen molar-refractivity contribution in [3.05, 3.63) is 46.5 Å². The summed E-state index contributed by atoms with van der Waals surface area (Å²) in [5.74, 6) is 0.773. The standard InChI is InChI=1S/C19H19NO5/c1-24-17-8-12-10(6-15(17)21)3-4-20-14(12)5-11-7-16(22)18(25-2)9-13(11)19(20)23/h6-9,14,21-22H,3-5H2,1-2H3/t14-/m0/s1. The van der Waals surface area contributed by atoms with Crippen molar-refractivity contribution in [2.45, 2.75) is 18.9 Å². The summed E-state index contributed by atoms with van der Waals surface area (Å²) in [5, 5.41) is 20.1. The Kier molecular flexibility index (Phi) is 3.49. The van der Waals surface area contributed by atoms with Crippen molar-refractivity contribution in [2.24, 2.45) is 0 Å². The minimum absolute atomic E-state index is 0.0295. The van der Waals surface area contributed by atoms with Crippen molar-refractivity contribution in [3.8, 4) is 23.0 Å². The van der Waals surface area contributed by atoms with Gasteiger partial charge >= 0.3 is 0 Å². The van der Waals surface area contributed by atoms with Crippen molar-refractivity contribution in [1.82, 2.24) is 4.90 Å². The van der Waals surface area contributed by atoms with E-state index in [4.69, 9.17) is 9.47 Å². The molecule has 0 aromatic heterocycles. The molecule has 2 N–H and O–H groups in total. The van der Waals surface area contributed by atoms with Gasteiger partial charge in [0.1, 0.15) is 0 Å². The smallest absolute Gasteiger partial charge is 0.254 e. The van der Waals surface area contributed by atoms with E-state index in [0.29, 0.717) is 36.4 Å². The van der Waals surface area contributed by atoms with Crippen molar-refractivity contribution in [1.29, 1.82) is 0 Å². The van der Waals surface area contributed by atoms with Gasteiger partial charge in [0.2, 0.25) is 0 Å². The maximum absolute atomic E-state index is 13.0. The highest BCUT2D eigenvalue weighted by Crippen LogP contribution is 2.43. The number of carbonyl (C=O) groups excluding carboxylic acids is 1. The Balaban J connectivity index is 1.82.